The Bertz CT molecular complexity index is 407. The highest BCUT2D eigenvalue weighted by Crippen LogP contribution is 2.37. The topological polar surface area (TPSA) is 40.6 Å². The molecule has 0 aromatic rings. The largest absolute Gasteiger partial charge is 0.298 e. The van der Waals surface area contributed by atoms with Crippen LogP contribution < -0.4 is 0 Å². The monoisotopic (exact) mass is 282 g/mol. The van der Waals surface area contributed by atoms with E-state index in [-0.39, 0.29) is 12.1 Å². The molecule has 0 spiro atoms. The van der Waals surface area contributed by atoms with Gasteiger partial charge in [0.1, 0.15) is 5.75 Å². The van der Waals surface area contributed by atoms with Crippen LogP contribution in [-0.2, 0) is 10.0 Å². The highest BCUT2D eigenvalue weighted by molar-refractivity contribution is 7.89. The zero-order valence-corrected chi connectivity index (χ0v) is 11.8. The van der Waals surface area contributed by atoms with Crippen LogP contribution in [0.3, 0.4) is 0 Å². The number of halogens is 2. The molecule has 3 rings (SSSR count). The van der Waals surface area contributed by atoms with E-state index in [0.29, 0.717) is 26.1 Å². The second-order valence-corrected chi connectivity index (χ2v) is 7.62. The second kappa shape index (κ2) is 4.38. The van der Waals surface area contributed by atoms with Crippen molar-refractivity contribution < 1.29 is 17.2 Å². The first-order valence-electron chi connectivity index (χ1n) is 6.23. The fourth-order valence-corrected chi connectivity index (χ4v) is 4.88. The highest BCUT2D eigenvalue weighted by atomic mass is 32.2. The van der Waals surface area contributed by atoms with Gasteiger partial charge in [-0.3, -0.25) is 4.90 Å². The predicted octanol–water partition coefficient (Wildman–Crippen LogP) is 1.14. The summed E-state index contributed by atoms with van der Waals surface area (Å²) in [6, 6.07) is 0.143. The van der Waals surface area contributed by atoms with Crippen LogP contribution in [-0.4, -0.2) is 60.5 Å². The number of sulfonamides is 1. The van der Waals surface area contributed by atoms with Gasteiger partial charge in [0, 0.05) is 38.1 Å². The minimum Gasteiger partial charge on any atom is -0.298 e. The summed E-state index contributed by atoms with van der Waals surface area (Å²) in [5, 5.41) is 0. The summed E-state index contributed by atoms with van der Waals surface area (Å²) < 4.78 is 51.0. The quantitative estimate of drug-likeness (QED) is 0.776. The summed E-state index contributed by atoms with van der Waals surface area (Å²) in [4.78, 5) is 2.20. The van der Waals surface area contributed by atoms with Crippen LogP contribution >= 0.6 is 0 Å². The molecule has 7 heteroatoms. The Labute approximate surface area is 107 Å². The lowest BCUT2D eigenvalue weighted by atomic mass is 9.90. The number of alkyl halides is 2. The SMILES string of the molecule is CC(C)N1CC2CC(C1)N2S(=O)(=O)CC(C)(F)F. The summed E-state index contributed by atoms with van der Waals surface area (Å²) in [5.74, 6) is -4.24. The third-order valence-corrected chi connectivity index (χ3v) is 5.75. The third-order valence-electron chi connectivity index (χ3n) is 3.64. The van der Waals surface area contributed by atoms with Gasteiger partial charge in [-0.25, -0.2) is 17.2 Å². The molecule has 3 heterocycles. The first-order chi connectivity index (χ1) is 8.10. The number of hydrogen-bond donors (Lipinski definition) is 0. The van der Waals surface area contributed by atoms with Crippen molar-refractivity contribution in [2.24, 2.45) is 0 Å². The second-order valence-electron chi connectivity index (χ2n) is 5.75. The molecule has 0 aromatic carbocycles. The normalized spacial score (nSPS) is 30.6. The molecule has 3 aliphatic heterocycles. The van der Waals surface area contributed by atoms with Crippen LogP contribution in [0, 0.1) is 0 Å². The molecule has 2 bridgehead atoms. The van der Waals surface area contributed by atoms with Gasteiger partial charge in [0.05, 0.1) is 0 Å². The molecule has 0 amide bonds. The molecule has 0 aromatic heterocycles. The maximum Gasteiger partial charge on any atom is 0.260 e. The van der Waals surface area contributed by atoms with Crippen LogP contribution in [0.25, 0.3) is 0 Å². The Morgan fingerprint density at radius 2 is 1.78 bits per heavy atom. The van der Waals surface area contributed by atoms with Crippen molar-refractivity contribution in [3.05, 3.63) is 0 Å². The molecule has 0 aliphatic carbocycles. The van der Waals surface area contributed by atoms with Crippen molar-refractivity contribution in [1.29, 1.82) is 0 Å². The van der Waals surface area contributed by atoms with E-state index >= 15 is 0 Å². The zero-order valence-electron chi connectivity index (χ0n) is 10.9. The van der Waals surface area contributed by atoms with Crippen molar-refractivity contribution in [3.8, 4) is 0 Å². The Morgan fingerprint density at radius 3 is 2.17 bits per heavy atom. The van der Waals surface area contributed by atoms with Crippen LogP contribution in [0.1, 0.15) is 27.2 Å². The predicted molar refractivity (Wildman–Crippen MR) is 65.1 cm³/mol. The Kier molecular flexibility index (Phi) is 3.44. The lowest BCUT2D eigenvalue weighted by Crippen LogP contribution is -2.71. The summed E-state index contributed by atoms with van der Waals surface area (Å²) in [6.45, 7) is 6.08. The standard InChI is InChI=1S/C11H20F2N2O2S/c1-8(2)14-5-9-4-10(6-14)15(9)18(16,17)7-11(3,12)13/h8-10H,4-7H2,1-3H3. The van der Waals surface area contributed by atoms with Gasteiger partial charge in [0.2, 0.25) is 10.0 Å². The van der Waals surface area contributed by atoms with E-state index < -0.39 is 21.7 Å². The van der Waals surface area contributed by atoms with E-state index in [1.165, 1.54) is 4.31 Å². The van der Waals surface area contributed by atoms with Crippen molar-refractivity contribution >= 4 is 10.0 Å². The van der Waals surface area contributed by atoms with Crippen LogP contribution in [0.5, 0.6) is 0 Å². The van der Waals surface area contributed by atoms with Gasteiger partial charge in [-0.05, 0) is 20.3 Å². The van der Waals surface area contributed by atoms with Crippen molar-refractivity contribution in [1.82, 2.24) is 9.21 Å². The third kappa shape index (κ3) is 2.67. The fourth-order valence-electron chi connectivity index (χ4n) is 2.88. The number of piperazine rings is 1. The number of hydrogen-bond acceptors (Lipinski definition) is 3. The van der Waals surface area contributed by atoms with E-state index in [2.05, 4.69) is 18.7 Å². The van der Waals surface area contributed by atoms with Crippen LogP contribution in [0.2, 0.25) is 0 Å². The van der Waals surface area contributed by atoms with E-state index in [0.717, 1.165) is 6.42 Å². The number of nitrogens with zero attached hydrogens (tertiary/aromatic N) is 2. The molecule has 106 valence electrons. The maximum absolute atomic E-state index is 12.9. The van der Waals surface area contributed by atoms with Gasteiger partial charge in [0.25, 0.3) is 5.92 Å². The maximum atomic E-state index is 12.9. The number of fused-ring (bicyclic) bond motifs is 2. The highest BCUT2D eigenvalue weighted by Gasteiger charge is 2.52. The van der Waals surface area contributed by atoms with Crippen molar-refractivity contribution in [2.75, 3.05) is 18.8 Å². The van der Waals surface area contributed by atoms with Gasteiger partial charge >= 0.3 is 0 Å². The zero-order chi connectivity index (χ0) is 13.7. The first kappa shape index (κ1) is 14.1. The molecule has 3 saturated heterocycles. The Balaban J connectivity index is 2.06. The molecule has 0 radical (unpaired) electrons. The molecule has 18 heavy (non-hydrogen) atoms. The van der Waals surface area contributed by atoms with Gasteiger partial charge in [-0.2, -0.15) is 4.31 Å². The molecule has 2 atom stereocenters. The van der Waals surface area contributed by atoms with Gasteiger partial charge in [-0.15, -0.1) is 0 Å². The molecular weight excluding hydrogens is 262 g/mol. The van der Waals surface area contributed by atoms with Crippen LogP contribution in [0.4, 0.5) is 8.78 Å². The summed E-state index contributed by atoms with van der Waals surface area (Å²) >= 11 is 0. The lowest BCUT2D eigenvalue weighted by molar-refractivity contribution is -0.0230. The van der Waals surface area contributed by atoms with Crippen molar-refractivity contribution in [2.45, 2.75) is 51.2 Å². The van der Waals surface area contributed by atoms with Gasteiger partial charge < -0.3 is 0 Å². The minimum absolute atomic E-state index is 0.113. The minimum atomic E-state index is -3.83. The number of rotatable bonds is 4. The average molecular weight is 282 g/mol. The Morgan fingerprint density at radius 1 is 1.28 bits per heavy atom. The summed E-state index contributed by atoms with van der Waals surface area (Å²) in [7, 11) is -3.83. The van der Waals surface area contributed by atoms with Gasteiger partial charge in [0.15, 0.2) is 0 Å². The van der Waals surface area contributed by atoms with E-state index in [1.807, 2.05) is 0 Å². The lowest BCUT2D eigenvalue weighted by Gasteiger charge is -2.56. The fraction of sp³-hybridized carbons (Fsp3) is 1.00. The average Bonchev–Trinajstić information content (AvgIpc) is 2.12. The molecule has 2 unspecified atom stereocenters. The molecule has 0 N–H and O–H groups in total. The summed E-state index contributed by atoms with van der Waals surface area (Å²) in [5.41, 5.74) is 0. The first-order valence-corrected chi connectivity index (χ1v) is 7.84. The van der Waals surface area contributed by atoms with E-state index in [4.69, 9.17) is 0 Å². The molecule has 0 saturated carbocycles. The smallest absolute Gasteiger partial charge is 0.260 e. The van der Waals surface area contributed by atoms with Crippen LogP contribution in [0.15, 0.2) is 0 Å². The molecular formula is C11H20F2N2O2S. The Hall–Kier alpha value is -0.270. The van der Waals surface area contributed by atoms with Crippen molar-refractivity contribution in [3.63, 3.8) is 0 Å². The van der Waals surface area contributed by atoms with Gasteiger partial charge in [-0.1, -0.05) is 0 Å². The summed E-state index contributed by atoms with van der Waals surface area (Å²) in [6.07, 6.45) is 0.803. The van der Waals surface area contributed by atoms with E-state index in [1.54, 1.807) is 0 Å². The molecule has 3 aliphatic rings. The van der Waals surface area contributed by atoms with E-state index in [9.17, 15) is 17.2 Å². The molecule has 4 nitrogen and oxygen atoms in total. The number of piperidine rings is 1. The molecule has 3 fully saturated rings.